The number of esters is 1. The van der Waals surface area contributed by atoms with Crippen molar-refractivity contribution < 1.29 is 9.53 Å². The van der Waals surface area contributed by atoms with E-state index in [1.807, 2.05) is 0 Å². The lowest BCUT2D eigenvalue weighted by atomic mass is 9.97. The minimum absolute atomic E-state index is 0.0504. The van der Waals surface area contributed by atoms with Gasteiger partial charge in [0.05, 0.1) is 0 Å². The topological polar surface area (TPSA) is 26.3 Å². The van der Waals surface area contributed by atoms with Crippen LogP contribution in [0.4, 0.5) is 0 Å². The number of rotatable bonds is 3. The van der Waals surface area contributed by atoms with Crippen molar-refractivity contribution in [2.24, 2.45) is 11.8 Å². The molecular formula is C15H20O2. The summed E-state index contributed by atoms with van der Waals surface area (Å²) < 4.78 is 5.84. The van der Waals surface area contributed by atoms with E-state index in [0.717, 1.165) is 31.3 Å². The second-order valence-electron chi connectivity index (χ2n) is 5.65. The third-order valence-corrected chi connectivity index (χ3v) is 4.61. The Balaban J connectivity index is 1.70. The van der Waals surface area contributed by atoms with Crippen LogP contribution in [0.15, 0.2) is 23.8 Å². The van der Waals surface area contributed by atoms with Crippen molar-refractivity contribution in [3.05, 3.63) is 23.8 Å². The molecule has 2 bridgehead atoms. The van der Waals surface area contributed by atoms with Gasteiger partial charge in [-0.3, -0.25) is 0 Å². The summed E-state index contributed by atoms with van der Waals surface area (Å²) >= 11 is 0. The van der Waals surface area contributed by atoms with Gasteiger partial charge in [0.1, 0.15) is 5.60 Å². The molecule has 2 unspecified atom stereocenters. The number of allylic oxidation sites excluding steroid dienone is 3. The van der Waals surface area contributed by atoms with Gasteiger partial charge in [-0.25, -0.2) is 4.79 Å². The Morgan fingerprint density at radius 1 is 1.41 bits per heavy atom. The van der Waals surface area contributed by atoms with Crippen molar-refractivity contribution in [3.63, 3.8) is 0 Å². The van der Waals surface area contributed by atoms with Crippen LogP contribution in [0.2, 0.25) is 0 Å². The van der Waals surface area contributed by atoms with E-state index in [-0.39, 0.29) is 11.6 Å². The Labute approximate surface area is 103 Å². The molecule has 0 aromatic carbocycles. The Bertz CT molecular complexity index is 386. The highest BCUT2D eigenvalue weighted by molar-refractivity contribution is 5.91. The maximum absolute atomic E-state index is 12.2. The molecule has 17 heavy (non-hydrogen) atoms. The monoisotopic (exact) mass is 232 g/mol. The van der Waals surface area contributed by atoms with Crippen molar-refractivity contribution in [3.8, 4) is 0 Å². The van der Waals surface area contributed by atoms with E-state index in [2.05, 4.69) is 25.2 Å². The van der Waals surface area contributed by atoms with Crippen LogP contribution in [0.25, 0.3) is 0 Å². The fourth-order valence-electron chi connectivity index (χ4n) is 3.46. The first-order valence-electron chi connectivity index (χ1n) is 6.86. The van der Waals surface area contributed by atoms with Gasteiger partial charge in [0, 0.05) is 11.5 Å². The molecule has 1 fully saturated rings. The molecule has 3 aliphatic rings. The zero-order chi connectivity index (χ0) is 11.9. The predicted molar refractivity (Wildman–Crippen MR) is 66.4 cm³/mol. The second kappa shape index (κ2) is 4.01. The summed E-state index contributed by atoms with van der Waals surface area (Å²) in [6.45, 7) is 2.13. The van der Waals surface area contributed by atoms with Crippen molar-refractivity contribution in [2.45, 2.75) is 51.0 Å². The lowest BCUT2D eigenvalue weighted by Gasteiger charge is -2.28. The molecule has 0 heterocycles. The summed E-state index contributed by atoms with van der Waals surface area (Å²) in [5, 5.41) is 0. The highest BCUT2D eigenvalue weighted by Crippen LogP contribution is 2.41. The summed E-state index contributed by atoms with van der Waals surface area (Å²) in [6, 6.07) is 0. The second-order valence-corrected chi connectivity index (χ2v) is 5.65. The molecule has 0 radical (unpaired) electrons. The van der Waals surface area contributed by atoms with Crippen LogP contribution >= 0.6 is 0 Å². The fraction of sp³-hybridized carbons (Fsp3) is 0.667. The predicted octanol–water partition coefficient (Wildman–Crippen LogP) is 3.38. The average Bonchev–Trinajstić information content (AvgIpc) is 3.04. The van der Waals surface area contributed by atoms with Gasteiger partial charge >= 0.3 is 5.97 Å². The van der Waals surface area contributed by atoms with Crippen molar-refractivity contribution in [1.29, 1.82) is 0 Å². The molecule has 92 valence electrons. The molecule has 3 aliphatic carbocycles. The number of hydrogen-bond acceptors (Lipinski definition) is 2. The summed E-state index contributed by atoms with van der Waals surface area (Å²) in [5.41, 5.74) is 0.765. The molecule has 0 aliphatic heterocycles. The number of hydrogen-bond donors (Lipinski definition) is 0. The number of fused-ring (bicyclic) bond motifs is 2. The summed E-state index contributed by atoms with van der Waals surface area (Å²) in [6.07, 6.45) is 13.0. The van der Waals surface area contributed by atoms with Crippen molar-refractivity contribution >= 4 is 5.97 Å². The van der Waals surface area contributed by atoms with Crippen molar-refractivity contribution in [2.75, 3.05) is 0 Å². The molecule has 0 spiro atoms. The van der Waals surface area contributed by atoms with Gasteiger partial charge in [0.15, 0.2) is 0 Å². The van der Waals surface area contributed by atoms with Crippen LogP contribution in [0.3, 0.4) is 0 Å². The first-order valence-corrected chi connectivity index (χ1v) is 6.86. The van der Waals surface area contributed by atoms with E-state index in [4.69, 9.17) is 4.74 Å². The van der Waals surface area contributed by atoms with Crippen LogP contribution in [0, 0.1) is 11.8 Å². The highest BCUT2D eigenvalue weighted by Gasteiger charge is 2.39. The van der Waals surface area contributed by atoms with Crippen LogP contribution in [0.1, 0.15) is 45.4 Å². The SMILES string of the molecule is CCC1(OC(=O)C2=CC3C=CC2C3)CCCC1. The lowest BCUT2D eigenvalue weighted by Crippen LogP contribution is -2.32. The average molecular weight is 232 g/mol. The molecule has 0 saturated heterocycles. The van der Waals surface area contributed by atoms with Gasteiger partial charge in [0.25, 0.3) is 0 Å². The van der Waals surface area contributed by atoms with Gasteiger partial charge in [-0.2, -0.15) is 0 Å². The first-order chi connectivity index (χ1) is 8.22. The van der Waals surface area contributed by atoms with Gasteiger partial charge in [-0.15, -0.1) is 0 Å². The van der Waals surface area contributed by atoms with Crippen LogP contribution < -0.4 is 0 Å². The molecule has 1 saturated carbocycles. The van der Waals surface area contributed by atoms with E-state index in [9.17, 15) is 4.79 Å². The third-order valence-electron chi connectivity index (χ3n) is 4.61. The molecule has 0 aromatic heterocycles. The Hall–Kier alpha value is -1.05. The highest BCUT2D eigenvalue weighted by atomic mass is 16.6. The third kappa shape index (κ3) is 1.84. The molecule has 0 aromatic rings. The van der Waals surface area contributed by atoms with E-state index < -0.39 is 0 Å². The van der Waals surface area contributed by atoms with E-state index >= 15 is 0 Å². The molecule has 2 nitrogen and oxygen atoms in total. The number of carbonyl (C=O) groups excluding carboxylic acids is 1. The molecule has 2 atom stereocenters. The molecule has 0 N–H and O–H groups in total. The fourth-order valence-corrected chi connectivity index (χ4v) is 3.46. The van der Waals surface area contributed by atoms with E-state index in [1.54, 1.807) is 0 Å². The minimum Gasteiger partial charge on any atom is -0.456 e. The normalized spacial score (nSPS) is 32.9. The van der Waals surface area contributed by atoms with E-state index in [1.165, 1.54) is 12.8 Å². The van der Waals surface area contributed by atoms with E-state index in [0.29, 0.717) is 11.8 Å². The largest absolute Gasteiger partial charge is 0.456 e. The first kappa shape index (κ1) is 11.1. The number of ether oxygens (including phenoxy) is 1. The summed E-state index contributed by atoms with van der Waals surface area (Å²) in [5.74, 6) is 0.775. The van der Waals surface area contributed by atoms with Crippen LogP contribution in [-0.2, 0) is 9.53 Å². The lowest BCUT2D eigenvalue weighted by molar-refractivity contribution is -0.155. The Morgan fingerprint density at radius 3 is 2.71 bits per heavy atom. The molecule has 2 heteroatoms. The molecule has 0 amide bonds. The van der Waals surface area contributed by atoms with Crippen LogP contribution in [0.5, 0.6) is 0 Å². The Kier molecular flexibility index (Phi) is 2.61. The minimum atomic E-state index is -0.149. The van der Waals surface area contributed by atoms with Crippen molar-refractivity contribution in [1.82, 2.24) is 0 Å². The van der Waals surface area contributed by atoms with Gasteiger partial charge in [-0.05, 0) is 44.4 Å². The maximum atomic E-state index is 12.2. The quantitative estimate of drug-likeness (QED) is 0.550. The zero-order valence-corrected chi connectivity index (χ0v) is 10.4. The van der Waals surface area contributed by atoms with Gasteiger partial charge in [0.2, 0.25) is 0 Å². The maximum Gasteiger partial charge on any atom is 0.334 e. The van der Waals surface area contributed by atoms with Crippen LogP contribution in [-0.4, -0.2) is 11.6 Å². The Morgan fingerprint density at radius 2 is 2.18 bits per heavy atom. The standard InChI is InChI=1S/C15H20O2/c1-2-15(7-3-4-8-15)17-14(16)13-10-11-5-6-12(13)9-11/h5-6,10-12H,2-4,7-9H2,1H3. The number of carbonyl (C=O) groups is 1. The summed E-state index contributed by atoms with van der Waals surface area (Å²) in [7, 11) is 0. The van der Waals surface area contributed by atoms with Gasteiger partial charge in [-0.1, -0.05) is 25.2 Å². The zero-order valence-electron chi connectivity index (χ0n) is 10.4. The smallest absolute Gasteiger partial charge is 0.334 e. The summed E-state index contributed by atoms with van der Waals surface area (Å²) in [4.78, 5) is 12.2. The molecular weight excluding hydrogens is 212 g/mol. The van der Waals surface area contributed by atoms with Gasteiger partial charge < -0.3 is 4.74 Å². The molecule has 3 rings (SSSR count).